The summed E-state index contributed by atoms with van der Waals surface area (Å²) in [7, 11) is 0. The van der Waals surface area contributed by atoms with Gasteiger partial charge in [0.1, 0.15) is 0 Å². The third kappa shape index (κ3) is 2.78. The van der Waals surface area contributed by atoms with Crippen molar-refractivity contribution in [3.05, 3.63) is 34.9 Å². The molecule has 0 aliphatic carbocycles. The molecule has 0 bridgehead atoms. The second-order valence-corrected chi connectivity index (χ2v) is 5.79. The minimum Gasteiger partial charge on any atom is -0.311 e. The molecule has 1 aliphatic heterocycles. The summed E-state index contributed by atoms with van der Waals surface area (Å²) in [5.74, 6) is 0.750. The molecule has 2 rings (SSSR count). The molecule has 1 aromatic rings. The molecule has 0 spiro atoms. The zero-order valence-electron chi connectivity index (χ0n) is 10.1. The summed E-state index contributed by atoms with van der Waals surface area (Å²) >= 11 is 5.90. The molecule has 1 fully saturated rings. The Morgan fingerprint density at radius 1 is 1.31 bits per heavy atom. The van der Waals surface area contributed by atoms with Crippen LogP contribution in [0.2, 0.25) is 5.02 Å². The highest BCUT2D eigenvalue weighted by Crippen LogP contribution is 2.31. The van der Waals surface area contributed by atoms with E-state index < -0.39 is 0 Å². The van der Waals surface area contributed by atoms with E-state index in [0.717, 1.165) is 17.4 Å². The summed E-state index contributed by atoms with van der Waals surface area (Å²) in [5.41, 5.74) is 1.74. The average molecular weight is 238 g/mol. The Kier molecular flexibility index (Phi) is 3.56. The molecule has 1 N–H and O–H groups in total. The number of hydrogen-bond acceptors (Lipinski definition) is 1. The van der Waals surface area contributed by atoms with Gasteiger partial charge in [0.15, 0.2) is 0 Å². The Balaban J connectivity index is 2.04. The van der Waals surface area contributed by atoms with Crippen molar-refractivity contribution >= 4 is 11.6 Å². The summed E-state index contributed by atoms with van der Waals surface area (Å²) in [5, 5.41) is 4.44. The van der Waals surface area contributed by atoms with Crippen molar-refractivity contribution in [3.8, 4) is 0 Å². The van der Waals surface area contributed by atoms with Crippen LogP contribution in [0.15, 0.2) is 24.3 Å². The summed E-state index contributed by atoms with van der Waals surface area (Å²) in [6, 6.07) is 8.26. The van der Waals surface area contributed by atoms with Gasteiger partial charge in [-0.05, 0) is 49.4 Å². The molecule has 0 amide bonds. The molecule has 0 radical (unpaired) electrons. The first-order valence-electron chi connectivity index (χ1n) is 6.09. The van der Waals surface area contributed by atoms with Crippen LogP contribution < -0.4 is 5.32 Å². The van der Waals surface area contributed by atoms with E-state index in [1.54, 1.807) is 0 Å². The lowest BCUT2D eigenvalue weighted by atomic mass is 9.76. The fourth-order valence-corrected chi connectivity index (χ4v) is 2.78. The summed E-state index contributed by atoms with van der Waals surface area (Å²) in [6.45, 7) is 5.76. The lowest BCUT2D eigenvalue weighted by Gasteiger charge is -2.45. The average Bonchev–Trinajstić information content (AvgIpc) is 2.17. The monoisotopic (exact) mass is 237 g/mol. The first kappa shape index (κ1) is 11.9. The predicted molar refractivity (Wildman–Crippen MR) is 70.0 cm³/mol. The first-order valence-corrected chi connectivity index (χ1v) is 6.47. The smallest absolute Gasteiger partial charge is 0.0406 e. The molecule has 1 atom stereocenters. The van der Waals surface area contributed by atoms with Crippen molar-refractivity contribution < 1.29 is 0 Å². The van der Waals surface area contributed by atoms with E-state index >= 15 is 0 Å². The topological polar surface area (TPSA) is 12.0 Å². The maximum absolute atomic E-state index is 5.90. The summed E-state index contributed by atoms with van der Waals surface area (Å²) in [4.78, 5) is 0. The first-order chi connectivity index (χ1) is 7.60. The molecule has 1 aromatic carbocycles. The van der Waals surface area contributed by atoms with Crippen LogP contribution in [-0.2, 0) is 6.42 Å². The maximum atomic E-state index is 5.90. The van der Waals surface area contributed by atoms with Crippen LogP contribution >= 0.6 is 11.6 Å². The SMILES string of the molecule is CC(C)CC1(Cc2ccc(Cl)cc2)CCN1. The van der Waals surface area contributed by atoms with Gasteiger partial charge in [0.25, 0.3) is 0 Å². The van der Waals surface area contributed by atoms with Crippen LogP contribution in [0.5, 0.6) is 0 Å². The molecule has 1 aliphatic rings. The lowest BCUT2D eigenvalue weighted by molar-refractivity contribution is 0.168. The number of hydrogen-bond donors (Lipinski definition) is 1. The molecule has 16 heavy (non-hydrogen) atoms. The highest BCUT2D eigenvalue weighted by Gasteiger charge is 2.36. The van der Waals surface area contributed by atoms with Crippen LogP contribution in [0.3, 0.4) is 0 Å². The molecular weight excluding hydrogens is 218 g/mol. The van der Waals surface area contributed by atoms with E-state index in [4.69, 9.17) is 11.6 Å². The quantitative estimate of drug-likeness (QED) is 0.843. The van der Waals surface area contributed by atoms with E-state index in [0.29, 0.717) is 5.54 Å². The number of rotatable bonds is 4. The van der Waals surface area contributed by atoms with Crippen molar-refractivity contribution in [1.29, 1.82) is 0 Å². The molecule has 2 heteroatoms. The van der Waals surface area contributed by atoms with Crippen LogP contribution in [0.25, 0.3) is 0 Å². The van der Waals surface area contributed by atoms with Crippen molar-refractivity contribution in [1.82, 2.24) is 5.32 Å². The minimum atomic E-state index is 0.349. The molecular formula is C14H20ClN. The van der Waals surface area contributed by atoms with Crippen LogP contribution in [0.1, 0.15) is 32.3 Å². The van der Waals surface area contributed by atoms with Crippen molar-refractivity contribution in [2.24, 2.45) is 5.92 Å². The summed E-state index contributed by atoms with van der Waals surface area (Å²) < 4.78 is 0. The van der Waals surface area contributed by atoms with Gasteiger partial charge in [0, 0.05) is 10.6 Å². The maximum Gasteiger partial charge on any atom is 0.0406 e. The molecule has 1 unspecified atom stereocenters. The van der Waals surface area contributed by atoms with Crippen molar-refractivity contribution in [3.63, 3.8) is 0 Å². The fourth-order valence-electron chi connectivity index (χ4n) is 2.65. The van der Waals surface area contributed by atoms with Crippen LogP contribution in [0, 0.1) is 5.92 Å². The van der Waals surface area contributed by atoms with Crippen molar-refractivity contribution in [2.45, 2.75) is 38.6 Å². The second-order valence-electron chi connectivity index (χ2n) is 5.36. The lowest BCUT2D eigenvalue weighted by Crippen LogP contribution is -2.59. The highest BCUT2D eigenvalue weighted by atomic mass is 35.5. The van der Waals surface area contributed by atoms with Crippen molar-refractivity contribution in [2.75, 3.05) is 6.54 Å². The Morgan fingerprint density at radius 2 is 1.94 bits per heavy atom. The van der Waals surface area contributed by atoms with Gasteiger partial charge in [-0.3, -0.25) is 0 Å². The molecule has 88 valence electrons. The third-order valence-electron chi connectivity index (χ3n) is 3.36. The van der Waals surface area contributed by atoms with Gasteiger partial charge in [-0.2, -0.15) is 0 Å². The molecule has 0 saturated carbocycles. The fraction of sp³-hybridized carbons (Fsp3) is 0.571. The molecule has 1 saturated heterocycles. The largest absolute Gasteiger partial charge is 0.311 e. The Morgan fingerprint density at radius 3 is 2.38 bits per heavy atom. The molecule has 1 heterocycles. The second kappa shape index (κ2) is 4.77. The standard InChI is InChI=1S/C14H20ClN/c1-11(2)9-14(7-8-16-14)10-12-3-5-13(15)6-4-12/h3-6,11,16H,7-10H2,1-2H3. The Bertz CT molecular complexity index is 338. The van der Waals surface area contributed by atoms with Crippen LogP contribution in [0.4, 0.5) is 0 Å². The number of nitrogens with one attached hydrogen (secondary N) is 1. The van der Waals surface area contributed by atoms with Gasteiger partial charge in [-0.1, -0.05) is 37.6 Å². The number of halogens is 1. The van der Waals surface area contributed by atoms with Gasteiger partial charge in [-0.15, -0.1) is 0 Å². The van der Waals surface area contributed by atoms with Gasteiger partial charge >= 0.3 is 0 Å². The van der Waals surface area contributed by atoms with E-state index in [2.05, 4.69) is 31.3 Å². The zero-order chi connectivity index (χ0) is 11.6. The zero-order valence-corrected chi connectivity index (χ0v) is 10.8. The predicted octanol–water partition coefficient (Wildman–Crippen LogP) is 3.66. The number of benzene rings is 1. The highest BCUT2D eigenvalue weighted by molar-refractivity contribution is 6.30. The van der Waals surface area contributed by atoms with E-state index in [9.17, 15) is 0 Å². The van der Waals surface area contributed by atoms with Gasteiger partial charge in [0.2, 0.25) is 0 Å². The normalized spacial score (nSPS) is 24.5. The van der Waals surface area contributed by atoms with Crippen LogP contribution in [-0.4, -0.2) is 12.1 Å². The molecule has 1 nitrogen and oxygen atoms in total. The minimum absolute atomic E-state index is 0.349. The molecule has 0 aromatic heterocycles. The Hall–Kier alpha value is -0.530. The summed E-state index contributed by atoms with van der Waals surface area (Å²) in [6.07, 6.45) is 3.69. The van der Waals surface area contributed by atoms with E-state index in [1.165, 1.54) is 24.9 Å². The van der Waals surface area contributed by atoms with Gasteiger partial charge < -0.3 is 5.32 Å². The third-order valence-corrected chi connectivity index (χ3v) is 3.61. The van der Waals surface area contributed by atoms with Gasteiger partial charge in [0.05, 0.1) is 0 Å². The van der Waals surface area contributed by atoms with E-state index in [1.807, 2.05) is 12.1 Å². The Labute approximate surface area is 103 Å². The van der Waals surface area contributed by atoms with Gasteiger partial charge in [-0.25, -0.2) is 0 Å². The van der Waals surface area contributed by atoms with E-state index in [-0.39, 0.29) is 0 Å².